The predicted octanol–water partition coefficient (Wildman–Crippen LogP) is 3.88. The molecular formula is C19H17N3O2. The SMILES string of the molecule is COc1ccc(OC)c(-c2c(C)nn3c2ncc2ccccc23)c1. The molecule has 0 aliphatic rings. The molecule has 0 atom stereocenters. The van der Waals surface area contributed by atoms with Gasteiger partial charge in [-0.15, -0.1) is 0 Å². The summed E-state index contributed by atoms with van der Waals surface area (Å²) in [6, 6.07) is 13.8. The summed E-state index contributed by atoms with van der Waals surface area (Å²) in [5.41, 5.74) is 4.60. The van der Waals surface area contributed by atoms with E-state index in [0.29, 0.717) is 0 Å². The summed E-state index contributed by atoms with van der Waals surface area (Å²) in [6.07, 6.45) is 1.88. The Balaban J connectivity index is 2.08. The van der Waals surface area contributed by atoms with E-state index in [-0.39, 0.29) is 0 Å². The number of rotatable bonds is 3. The number of hydrogen-bond acceptors (Lipinski definition) is 4. The number of aromatic nitrogens is 3. The van der Waals surface area contributed by atoms with Crippen molar-refractivity contribution in [3.8, 4) is 22.6 Å². The van der Waals surface area contributed by atoms with E-state index in [1.54, 1.807) is 14.2 Å². The van der Waals surface area contributed by atoms with Crippen molar-refractivity contribution in [3.63, 3.8) is 0 Å². The zero-order valence-corrected chi connectivity index (χ0v) is 13.8. The van der Waals surface area contributed by atoms with Crippen LogP contribution in [-0.4, -0.2) is 28.8 Å². The molecule has 0 aliphatic carbocycles. The standard InChI is InChI=1S/C19H17N3O2/c1-12-18(15-10-14(23-2)8-9-17(15)24-3)19-20-11-13-6-4-5-7-16(13)22(19)21-12/h4-11H,1-3H3. The maximum atomic E-state index is 5.54. The van der Waals surface area contributed by atoms with E-state index in [0.717, 1.165) is 44.9 Å². The molecule has 4 rings (SSSR count). The molecule has 5 nitrogen and oxygen atoms in total. The second kappa shape index (κ2) is 5.53. The highest BCUT2D eigenvalue weighted by molar-refractivity contribution is 5.89. The summed E-state index contributed by atoms with van der Waals surface area (Å²) in [5, 5.41) is 5.76. The number of methoxy groups -OCH3 is 2. The molecule has 0 unspecified atom stereocenters. The van der Waals surface area contributed by atoms with Gasteiger partial charge in [0, 0.05) is 17.1 Å². The van der Waals surface area contributed by atoms with Crippen LogP contribution in [-0.2, 0) is 0 Å². The first kappa shape index (κ1) is 14.5. The topological polar surface area (TPSA) is 48.7 Å². The molecule has 0 saturated carbocycles. The monoisotopic (exact) mass is 319 g/mol. The van der Waals surface area contributed by atoms with E-state index in [2.05, 4.69) is 4.98 Å². The van der Waals surface area contributed by atoms with Crippen LogP contribution in [0.1, 0.15) is 5.69 Å². The van der Waals surface area contributed by atoms with Crippen molar-refractivity contribution in [2.45, 2.75) is 6.92 Å². The molecule has 24 heavy (non-hydrogen) atoms. The average molecular weight is 319 g/mol. The van der Waals surface area contributed by atoms with Crippen LogP contribution in [0.25, 0.3) is 27.7 Å². The summed E-state index contributed by atoms with van der Waals surface area (Å²) >= 11 is 0. The number of nitrogens with zero attached hydrogens (tertiary/aromatic N) is 3. The Labute approximate surface area is 139 Å². The third-order valence-corrected chi connectivity index (χ3v) is 4.20. The van der Waals surface area contributed by atoms with Crippen LogP contribution in [0.5, 0.6) is 11.5 Å². The molecule has 0 N–H and O–H groups in total. The highest BCUT2D eigenvalue weighted by Crippen LogP contribution is 2.37. The molecule has 0 spiro atoms. The third-order valence-electron chi connectivity index (χ3n) is 4.20. The van der Waals surface area contributed by atoms with E-state index < -0.39 is 0 Å². The normalized spacial score (nSPS) is 11.1. The van der Waals surface area contributed by atoms with Crippen molar-refractivity contribution in [1.82, 2.24) is 14.6 Å². The Bertz CT molecular complexity index is 1050. The van der Waals surface area contributed by atoms with Crippen LogP contribution in [0.4, 0.5) is 0 Å². The van der Waals surface area contributed by atoms with Crippen LogP contribution in [0.2, 0.25) is 0 Å². The maximum Gasteiger partial charge on any atom is 0.163 e. The highest BCUT2D eigenvalue weighted by atomic mass is 16.5. The molecule has 0 saturated heterocycles. The lowest BCUT2D eigenvalue weighted by molar-refractivity contribution is 0.404. The van der Waals surface area contributed by atoms with Gasteiger partial charge in [0.1, 0.15) is 11.5 Å². The molecule has 2 aromatic heterocycles. The first-order chi connectivity index (χ1) is 11.7. The minimum Gasteiger partial charge on any atom is -0.497 e. The lowest BCUT2D eigenvalue weighted by Crippen LogP contribution is -1.94. The average Bonchev–Trinajstić information content (AvgIpc) is 2.97. The van der Waals surface area contributed by atoms with Gasteiger partial charge in [0.05, 0.1) is 31.0 Å². The van der Waals surface area contributed by atoms with Gasteiger partial charge in [-0.3, -0.25) is 0 Å². The molecular weight excluding hydrogens is 302 g/mol. The van der Waals surface area contributed by atoms with Crippen LogP contribution in [0.15, 0.2) is 48.7 Å². The number of para-hydroxylation sites is 1. The Hall–Kier alpha value is -3.08. The molecule has 0 bridgehead atoms. The van der Waals surface area contributed by atoms with Crippen molar-refractivity contribution in [3.05, 3.63) is 54.4 Å². The minimum atomic E-state index is 0.767. The maximum absolute atomic E-state index is 5.54. The van der Waals surface area contributed by atoms with Crippen LogP contribution in [0.3, 0.4) is 0 Å². The molecule has 2 aromatic carbocycles. The zero-order valence-electron chi connectivity index (χ0n) is 13.8. The van der Waals surface area contributed by atoms with E-state index in [9.17, 15) is 0 Å². The van der Waals surface area contributed by atoms with Crippen LogP contribution >= 0.6 is 0 Å². The highest BCUT2D eigenvalue weighted by Gasteiger charge is 2.18. The Morgan fingerprint density at radius 1 is 1.00 bits per heavy atom. The summed E-state index contributed by atoms with van der Waals surface area (Å²) in [7, 11) is 3.31. The summed E-state index contributed by atoms with van der Waals surface area (Å²) in [5.74, 6) is 1.54. The molecule has 2 heterocycles. The Morgan fingerprint density at radius 2 is 1.83 bits per heavy atom. The van der Waals surface area contributed by atoms with Gasteiger partial charge in [-0.1, -0.05) is 18.2 Å². The zero-order chi connectivity index (χ0) is 16.7. The van der Waals surface area contributed by atoms with Crippen molar-refractivity contribution in [2.75, 3.05) is 14.2 Å². The van der Waals surface area contributed by atoms with Gasteiger partial charge in [-0.25, -0.2) is 9.50 Å². The van der Waals surface area contributed by atoms with Crippen LogP contribution in [0, 0.1) is 6.92 Å². The largest absolute Gasteiger partial charge is 0.497 e. The number of fused-ring (bicyclic) bond motifs is 3. The van der Waals surface area contributed by atoms with Gasteiger partial charge >= 0.3 is 0 Å². The van der Waals surface area contributed by atoms with Crippen molar-refractivity contribution >= 4 is 16.6 Å². The fourth-order valence-corrected chi connectivity index (χ4v) is 3.05. The van der Waals surface area contributed by atoms with Crippen molar-refractivity contribution < 1.29 is 9.47 Å². The molecule has 0 aliphatic heterocycles. The van der Waals surface area contributed by atoms with Crippen LogP contribution < -0.4 is 9.47 Å². The minimum absolute atomic E-state index is 0.767. The molecule has 0 radical (unpaired) electrons. The molecule has 0 amide bonds. The number of aryl methyl sites for hydroxylation is 1. The number of benzene rings is 2. The number of ether oxygens (including phenoxy) is 2. The van der Waals surface area contributed by atoms with E-state index in [4.69, 9.17) is 14.6 Å². The summed E-state index contributed by atoms with van der Waals surface area (Å²) in [4.78, 5) is 4.64. The second-order valence-electron chi connectivity index (χ2n) is 5.58. The first-order valence-corrected chi connectivity index (χ1v) is 7.68. The lowest BCUT2D eigenvalue weighted by Gasteiger charge is -2.10. The van der Waals surface area contributed by atoms with Gasteiger partial charge < -0.3 is 9.47 Å². The second-order valence-corrected chi connectivity index (χ2v) is 5.58. The Kier molecular flexibility index (Phi) is 3.34. The first-order valence-electron chi connectivity index (χ1n) is 7.68. The summed E-state index contributed by atoms with van der Waals surface area (Å²) < 4.78 is 12.8. The lowest BCUT2D eigenvalue weighted by atomic mass is 10.0. The molecule has 0 fully saturated rings. The fourth-order valence-electron chi connectivity index (χ4n) is 3.05. The van der Waals surface area contributed by atoms with Gasteiger partial charge in [0.2, 0.25) is 0 Å². The molecule has 5 heteroatoms. The quantitative estimate of drug-likeness (QED) is 0.575. The molecule has 4 aromatic rings. The number of hydrogen-bond donors (Lipinski definition) is 0. The fraction of sp³-hybridized carbons (Fsp3) is 0.158. The van der Waals surface area contributed by atoms with Gasteiger partial charge in [-0.2, -0.15) is 5.10 Å². The van der Waals surface area contributed by atoms with E-state index in [1.165, 1.54) is 0 Å². The van der Waals surface area contributed by atoms with Gasteiger partial charge in [0.15, 0.2) is 5.65 Å². The van der Waals surface area contributed by atoms with E-state index >= 15 is 0 Å². The summed E-state index contributed by atoms with van der Waals surface area (Å²) in [6.45, 7) is 1.98. The van der Waals surface area contributed by atoms with Gasteiger partial charge in [-0.05, 0) is 31.2 Å². The van der Waals surface area contributed by atoms with Crippen molar-refractivity contribution in [1.29, 1.82) is 0 Å². The third kappa shape index (κ3) is 2.09. The smallest absolute Gasteiger partial charge is 0.163 e. The van der Waals surface area contributed by atoms with E-state index in [1.807, 2.05) is 60.1 Å². The van der Waals surface area contributed by atoms with Crippen molar-refractivity contribution in [2.24, 2.45) is 0 Å². The van der Waals surface area contributed by atoms with Gasteiger partial charge in [0.25, 0.3) is 0 Å². The predicted molar refractivity (Wildman–Crippen MR) is 93.8 cm³/mol. The Morgan fingerprint density at radius 3 is 2.62 bits per heavy atom. The molecule has 120 valence electrons.